The third-order valence-electron chi connectivity index (χ3n) is 5.07. The molecule has 2 aromatic carbocycles. The predicted octanol–water partition coefficient (Wildman–Crippen LogP) is 4.61. The van der Waals surface area contributed by atoms with E-state index in [0.717, 1.165) is 37.0 Å². The summed E-state index contributed by atoms with van der Waals surface area (Å²) in [6.07, 6.45) is 3.83. The number of hydroxylamine groups is 1. The topological polar surface area (TPSA) is 130 Å². The van der Waals surface area contributed by atoms with Gasteiger partial charge in [-0.2, -0.15) is 4.98 Å². The van der Waals surface area contributed by atoms with Crippen molar-refractivity contribution in [2.45, 2.75) is 25.7 Å². The molecule has 0 saturated heterocycles. The zero-order valence-electron chi connectivity index (χ0n) is 20.1. The third kappa shape index (κ3) is 9.01. The average Bonchev–Trinajstić information content (AvgIpc) is 2.89. The molecule has 0 unspecified atom stereocenters. The molecule has 0 radical (unpaired) electrons. The molecule has 1 amide bonds. The van der Waals surface area contributed by atoms with Crippen LogP contribution < -0.4 is 26.2 Å². The van der Waals surface area contributed by atoms with E-state index in [9.17, 15) is 9.18 Å². The summed E-state index contributed by atoms with van der Waals surface area (Å²) in [5.74, 6) is 0.0519. The smallest absolute Gasteiger partial charge is 0.243 e. The van der Waals surface area contributed by atoms with Crippen LogP contribution in [0.2, 0.25) is 0 Å². The molecular weight excluding hydrogens is 467 g/mol. The first kappa shape index (κ1) is 26.6. The van der Waals surface area contributed by atoms with E-state index in [1.807, 2.05) is 48.5 Å². The van der Waals surface area contributed by atoms with Gasteiger partial charge in [0.15, 0.2) is 11.6 Å². The number of anilines is 5. The maximum Gasteiger partial charge on any atom is 0.243 e. The van der Waals surface area contributed by atoms with Gasteiger partial charge in [0.05, 0.1) is 12.8 Å². The Labute approximate surface area is 209 Å². The number of carbonyl (C=O) groups excluding carboxylic acids is 1. The first-order valence-corrected chi connectivity index (χ1v) is 11.6. The zero-order chi connectivity index (χ0) is 25.6. The number of aromatic nitrogens is 2. The molecule has 11 heteroatoms. The van der Waals surface area contributed by atoms with E-state index in [4.69, 9.17) is 14.7 Å². The third-order valence-corrected chi connectivity index (χ3v) is 5.07. The van der Waals surface area contributed by atoms with Crippen molar-refractivity contribution in [2.75, 3.05) is 42.8 Å². The van der Waals surface area contributed by atoms with Gasteiger partial charge in [-0.05, 0) is 55.3 Å². The van der Waals surface area contributed by atoms with Crippen LogP contribution in [0.3, 0.4) is 0 Å². The normalized spacial score (nSPS) is 10.5. The molecule has 0 aliphatic carbocycles. The Bertz CT molecular complexity index is 1100. The Morgan fingerprint density at radius 2 is 1.81 bits per heavy atom. The lowest BCUT2D eigenvalue weighted by Gasteiger charge is -2.12. The maximum absolute atomic E-state index is 14.4. The Morgan fingerprint density at radius 1 is 1.00 bits per heavy atom. The number of hydrogen-bond donors (Lipinski definition) is 5. The van der Waals surface area contributed by atoms with Crippen LogP contribution in [0.5, 0.6) is 5.75 Å². The largest absolute Gasteiger partial charge is 0.491 e. The van der Waals surface area contributed by atoms with E-state index in [0.29, 0.717) is 37.5 Å². The number of nitrogens with one attached hydrogen (secondary N) is 4. The number of rotatable bonds is 15. The summed E-state index contributed by atoms with van der Waals surface area (Å²) in [6.45, 7) is 1.68. The summed E-state index contributed by atoms with van der Waals surface area (Å²) < 4.78 is 24.9. The molecule has 0 fully saturated rings. The van der Waals surface area contributed by atoms with Gasteiger partial charge in [-0.25, -0.2) is 14.9 Å². The van der Waals surface area contributed by atoms with Crippen molar-refractivity contribution in [1.82, 2.24) is 15.4 Å². The number of ether oxygens (including phenoxy) is 2. The van der Waals surface area contributed by atoms with Gasteiger partial charge in [0, 0.05) is 37.1 Å². The van der Waals surface area contributed by atoms with Crippen molar-refractivity contribution in [3.05, 3.63) is 60.5 Å². The molecule has 0 saturated carbocycles. The van der Waals surface area contributed by atoms with Gasteiger partial charge in [-0.3, -0.25) is 10.0 Å². The van der Waals surface area contributed by atoms with Crippen molar-refractivity contribution in [2.24, 2.45) is 0 Å². The number of carbonyl (C=O) groups is 1. The molecule has 0 aliphatic rings. The fraction of sp³-hybridized carbons (Fsp3) is 0.320. The van der Waals surface area contributed by atoms with Gasteiger partial charge < -0.3 is 25.4 Å². The van der Waals surface area contributed by atoms with Gasteiger partial charge in [-0.1, -0.05) is 12.5 Å². The summed E-state index contributed by atoms with van der Waals surface area (Å²) in [4.78, 5) is 19.3. The van der Waals surface area contributed by atoms with E-state index in [-0.39, 0.29) is 17.7 Å². The molecule has 1 aromatic heterocycles. The highest BCUT2D eigenvalue weighted by molar-refractivity contribution is 5.74. The van der Waals surface area contributed by atoms with Crippen LogP contribution >= 0.6 is 0 Å². The molecule has 36 heavy (non-hydrogen) atoms. The second-order valence-corrected chi connectivity index (χ2v) is 7.86. The van der Waals surface area contributed by atoms with Crippen LogP contribution in [-0.4, -0.2) is 48.0 Å². The minimum atomic E-state index is -0.576. The first-order chi connectivity index (χ1) is 17.6. The van der Waals surface area contributed by atoms with Gasteiger partial charge >= 0.3 is 0 Å². The van der Waals surface area contributed by atoms with Crippen LogP contribution in [0.25, 0.3) is 0 Å². The lowest BCUT2D eigenvalue weighted by atomic mass is 10.2. The van der Waals surface area contributed by atoms with Gasteiger partial charge in [0.1, 0.15) is 12.4 Å². The van der Waals surface area contributed by atoms with E-state index in [1.165, 1.54) is 0 Å². The number of amides is 1. The van der Waals surface area contributed by atoms with E-state index in [1.54, 1.807) is 12.6 Å². The lowest BCUT2D eigenvalue weighted by Crippen LogP contribution is -2.17. The van der Waals surface area contributed by atoms with Crippen molar-refractivity contribution < 1.29 is 23.9 Å². The molecular formula is C25H31FN6O4. The molecule has 192 valence electrons. The number of halogens is 1. The second-order valence-electron chi connectivity index (χ2n) is 7.86. The first-order valence-electron chi connectivity index (χ1n) is 11.6. The molecule has 0 aliphatic heterocycles. The average molecular weight is 499 g/mol. The second kappa shape index (κ2) is 14.4. The van der Waals surface area contributed by atoms with Gasteiger partial charge in [0.25, 0.3) is 0 Å². The summed E-state index contributed by atoms with van der Waals surface area (Å²) in [5, 5.41) is 17.9. The molecule has 5 N–H and O–H groups in total. The highest BCUT2D eigenvalue weighted by atomic mass is 19.1. The van der Waals surface area contributed by atoms with Crippen LogP contribution in [0.1, 0.15) is 25.7 Å². The highest BCUT2D eigenvalue weighted by Crippen LogP contribution is 2.23. The molecule has 0 spiro atoms. The maximum atomic E-state index is 14.4. The minimum absolute atomic E-state index is 0.0475. The number of methoxy groups -OCH3 is 1. The quantitative estimate of drug-likeness (QED) is 0.116. The Morgan fingerprint density at radius 3 is 2.58 bits per heavy atom. The number of unbranched alkanes of at least 4 members (excludes halogenated alkanes) is 2. The van der Waals surface area contributed by atoms with E-state index < -0.39 is 5.82 Å². The number of nitrogens with zero attached hydrogens (tertiary/aromatic N) is 2. The van der Waals surface area contributed by atoms with Crippen molar-refractivity contribution in [3.8, 4) is 5.75 Å². The molecule has 3 rings (SSSR count). The molecule has 0 bridgehead atoms. The SMILES string of the molecule is COCCOc1ccc(Nc2ncc(F)c(Nc3cccc(NCCCCCC(=O)NO)c3)n2)cc1. The van der Waals surface area contributed by atoms with Crippen LogP contribution in [0.4, 0.5) is 33.2 Å². The molecule has 0 atom stereocenters. The van der Waals surface area contributed by atoms with Gasteiger partial charge in [0.2, 0.25) is 11.9 Å². The minimum Gasteiger partial charge on any atom is -0.491 e. The summed E-state index contributed by atoms with van der Waals surface area (Å²) >= 11 is 0. The van der Waals surface area contributed by atoms with E-state index >= 15 is 0 Å². The monoisotopic (exact) mass is 498 g/mol. The highest BCUT2D eigenvalue weighted by Gasteiger charge is 2.09. The van der Waals surface area contributed by atoms with Crippen LogP contribution in [-0.2, 0) is 9.53 Å². The van der Waals surface area contributed by atoms with Crippen molar-refractivity contribution >= 4 is 34.7 Å². The molecule has 1 heterocycles. The Hall–Kier alpha value is -3.96. The van der Waals surface area contributed by atoms with Crippen molar-refractivity contribution in [1.29, 1.82) is 0 Å². The molecule has 10 nitrogen and oxygen atoms in total. The standard InChI is InChI=1S/C25H31FN6O4/c1-35-14-15-36-21-11-9-18(10-12-21)30-25-28-17-22(26)24(31-25)29-20-7-5-6-19(16-20)27-13-4-2-3-8-23(33)32-34/h5-7,9-12,16-17,27,34H,2-4,8,13-15H2,1H3,(H,32,33)(H2,28,29,30,31). The summed E-state index contributed by atoms with van der Waals surface area (Å²) in [6, 6.07) is 14.7. The lowest BCUT2D eigenvalue weighted by molar-refractivity contribution is -0.129. The Kier molecular flexibility index (Phi) is 10.7. The van der Waals surface area contributed by atoms with Crippen LogP contribution in [0.15, 0.2) is 54.7 Å². The Balaban J connectivity index is 1.53. The number of hydrogen-bond acceptors (Lipinski definition) is 9. The fourth-order valence-electron chi connectivity index (χ4n) is 3.24. The summed E-state index contributed by atoms with van der Waals surface area (Å²) in [7, 11) is 1.62. The predicted molar refractivity (Wildman–Crippen MR) is 136 cm³/mol. The molecule has 3 aromatic rings. The number of benzene rings is 2. The van der Waals surface area contributed by atoms with E-state index in [2.05, 4.69) is 25.9 Å². The summed E-state index contributed by atoms with van der Waals surface area (Å²) in [5.41, 5.74) is 3.90. The van der Waals surface area contributed by atoms with Gasteiger partial charge in [-0.15, -0.1) is 0 Å². The zero-order valence-corrected chi connectivity index (χ0v) is 20.1. The van der Waals surface area contributed by atoms with Crippen molar-refractivity contribution in [3.63, 3.8) is 0 Å². The van der Waals surface area contributed by atoms with Crippen LogP contribution in [0, 0.1) is 5.82 Å². The fourth-order valence-corrected chi connectivity index (χ4v) is 3.24.